The molecule has 0 radical (unpaired) electrons. The van der Waals surface area contributed by atoms with Gasteiger partial charge in [0.15, 0.2) is 12.2 Å². The van der Waals surface area contributed by atoms with E-state index in [1.807, 2.05) is 0 Å². The van der Waals surface area contributed by atoms with Gasteiger partial charge in [-0.2, -0.15) is 0 Å². The minimum atomic E-state index is -4.99. The summed E-state index contributed by atoms with van der Waals surface area (Å²) in [6, 6.07) is 0. The van der Waals surface area contributed by atoms with Crippen molar-refractivity contribution in [2.75, 3.05) is 39.6 Å². The Morgan fingerprint density at radius 3 is 0.906 bits per heavy atom. The van der Waals surface area contributed by atoms with Crippen LogP contribution in [0.25, 0.3) is 0 Å². The zero-order valence-electron chi connectivity index (χ0n) is 60.0. The highest BCUT2D eigenvalue weighted by molar-refractivity contribution is 7.47. The second-order valence-electron chi connectivity index (χ2n) is 24.5. The monoisotopic (exact) mass is 1390 g/mol. The van der Waals surface area contributed by atoms with Crippen molar-refractivity contribution in [1.29, 1.82) is 0 Å². The van der Waals surface area contributed by atoms with Gasteiger partial charge in [-0.3, -0.25) is 37.3 Å². The molecule has 0 rings (SSSR count). The van der Waals surface area contributed by atoms with E-state index in [4.69, 9.17) is 37.0 Å². The molecule has 0 bridgehead atoms. The molecule has 552 valence electrons. The summed E-state index contributed by atoms with van der Waals surface area (Å²) in [5.41, 5.74) is 0. The fourth-order valence-electron chi connectivity index (χ4n) is 9.52. The van der Waals surface area contributed by atoms with Gasteiger partial charge in [-0.1, -0.05) is 240 Å². The van der Waals surface area contributed by atoms with E-state index in [0.29, 0.717) is 25.7 Å². The first-order valence-electron chi connectivity index (χ1n) is 37.1. The standard InChI is InChI=1S/C77H132O17P2/c1-5-9-13-17-21-25-29-33-35-39-41-45-49-53-57-61-74(79)87-67-72(93-76(81)63-59-55-51-47-43-37-31-27-23-19-15-11-7-3)69-91-95(83,84)89-65-71(78)66-90-96(85,86)92-70-73(94-77(82)64-60-56-52-48-44-38-32-28-24-20-16-12-8-4)68-88-75(80)62-58-54-50-46-42-40-36-34-30-26-22-18-14-10-6-2/h9,13,15-16,19-21,25,27-28,31-36,41,45,71-73,78H,5-8,10-12,14,17-18,22-24,26,29-30,37-40,42-44,46-70H2,1-4H3,(H,83,84)(H,85,86)/b13-9-,19-15-,20-16-,25-21-,31-27-,32-28-,35-33-,36-34-,45-41-. The molecule has 0 saturated heterocycles. The van der Waals surface area contributed by atoms with Crippen LogP contribution in [-0.2, 0) is 65.4 Å². The molecule has 96 heavy (non-hydrogen) atoms. The lowest BCUT2D eigenvalue weighted by atomic mass is 10.1. The molecule has 3 N–H and O–H groups in total. The quantitative estimate of drug-likeness (QED) is 0.0169. The van der Waals surface area contributed by atoms with Gasteiger partial charge in [-0.05, 0) is 141 Å². The van der Waals surface area contributed by atoms with Crippen LogP contribution in [0, 0.1) is 0 Å². The molecular formula is C77H132O17P2. The first-order chi connectivity index (χ1) is 46.7. The average Bonchev–Trinajstić information content (AvgIpc) is 1.14. The van der Waals surface area contributed by atoms with E-state index < -0.39 is 97.5 Å². The molecule has 0 aliphatic carbocycles. The molecule has 0 aliphatic rings. The summed E-state index contributed by atoms with van der Waals surface area (Å²) in [6.07, 6.45) is 72.3. The van der Waals surface area contributed by atoms with Gasteiger partial charge in [0.1, 0.15) is 19.3 Å². The lowest BCUT2D eigenvalue weighted by Gasteiger charge is -2.21. The highest BCUT2D eigenvalue weighted by Crippen LogP contribution is 2.45. The van der Waals surface area contributed by atoms with Crippen molar-refractivity contribution in [3.63, 3.8) is 0 Å². The third-order valence-electron chi connectivity index (χ3n) is 15.2. The van der Waals surface area contributed by atoms with Crippen LogP contribution in [0.3, 0.4) is 0 Å². The van der Waals surface area contributed by atoms with Crippen LogP contribution in [0.5, 0.6) is 0 Å². The first-order valence-corrected chi connectivity index (χ1v) is 40.1. The minimum absolute atomic E-state index is 0.0676. The number of carbonyl (C=O) groups is 4. The number of esters is 4. The van der Waals surface area contributed by atoms with Crippen molar-refractivity contribution in [3.8, 4) is 0 Å². The number of carbonyl (C=O) groups excluding carboxylic acids is 4. The lowest BCUT2D eigenvalue weighted by molar-refractivity contribution is -0.161. The highest BCUT2D eigenvalue weighted by Gasteiger charge is 2.30. The van der Waals surface area contributed by atoms with Crippen molar-refractivity contribution in [3.05, 3.63) is 109 Å². The Kier molecular flexibility index (Phi) is 66.1. The summed E-state index contributed by atoms with van der Waals surface area (Å²) in [4.78, 5) is 72.7. The second kappa shape index (κ2) is 69.2. The van der Waals surface area contributed by atoms with Crippen molar-refractivity contribution in [2.45, 2.75) is 316 Å². The van der Waals surface area contributed by atoms with Gasteiger partial charge < -0.3 is 33.8 Å². The molecule has 0 aromatic heterocycles. The Hall–Kier alpha value is -4.28. The zero-order chi connectivity index (χ0) is 70.4. The molecule has 0 aliphatic heterocycles. The predicted octanol–water partition coefficient (Wildman–Crippen LogP) is 21.0. The average molecular weight is 1390 g/mol. The number of unbranched alkanes of at least 4 members (excludes halogenated alkanes) is 25. The number of ether oxygens (including phenoxy) is 4. The van der Waals surface area contributed by atoms with Crippen molar-refractivity contribution in [1.82, 2.24) is 0 Å². The van der Waals surface area contributed by atoms with Gasteiger partial charge in [0, 0.05) is 25.7 Å². The Morgan fingerprint density at radius 1 is 0.302 bits per heavy atom. The summed E-state index contributed by atoms with van der Waals surface area (Å²) in [6.45, 7) is 4.53. The molecule has 0 aromatic rings. The van der Waals surface area contributed by atoms with Gasteiger partial charge in [0.2, 0.25) is 0 Å². The number of rotatable bonds is 69. The largest absolute Gasteiger partial charge is 0.472 e. The smallest absolute Gasteiger partial charge is 0.462 e. The summed E-state index contributed by atoms with van der Waals surface area (Å²) in [7, 11) is -9.97. The normalized spacial score (nSPS) is 14.6. The van der Waals surface area contributed by atoms with Gasteiger partial charge in [0.25, 0.3) is 0 Å². The number of hydrogen-bond acceptors (Lipinski definition) is 15. The molecule has 0 amide bonds. The minimum Gasteiger partial charge on any atom is -0.462 e. The number of aliphatic hydroxyl groups excluding tert-OH is 1. The highest BCUT2D eigenvalue weighted by atomic mass is 31.2. The molecule has 5 atom stereocenters. The van der Waals surface area contributed by atoms with Crippen LogP contribution in [0.4, 0.5) is 0 Å². The van der Waals surface area contributed by atoms with E-state index in [0.717, 1.165) is 180 Å². The van der Waals surface area contributed by atoms with Crippen LogP contribution in [0.1, 0.15) is 297 Å². The van der Waals surface area contributed by atoms with E-state index in [1.54, 1.807) is 0 Å². The van der Waals surface area contributed by atoms with Gasteiger partial charge in [0.05, 0.1) is 26.4 Å². The molecular weight excluding hydrogens is 1260 g/mol. The lowest BCUT2D eigenvalue weighted by Crippen LogP contribution is -2.30. The summed E-state index contributed by atoms with van der Waals surface area (Å²) < 4.78 is 68.3. The summed E-state index contributed by atoms with van der Waals surface area (Å²) >= 11 is 0. The number of allylic oxidation sites excluding steroid dienone is 18. The van der Waals surface area contributed by atoms with Crippen LogP contribution in [0.2, 0.25) is 0 Å². The maximum atomic E-state index is 13.1. The maximum Gasteiger partial charge on any atom is 0.472 e. The van der Waals surface area contributed by atoms with Gasteiger partial charge in [-0.25, -0.2) is 9.13 Å². The van der Waals surface area contributed by atoms with E-state index in [1.165, 1.54) is 38.5 Å². The van der Waals surface area contributed by atoms with Gasteiger partial charge >= 0.3 is 39.5 Å². The number of phosphoric acid groups is 2. The molecule has 0 saturated carbocycles. The molecule has 17 nitrogen and oxygen atoms in total. The van der Waals surface area contributed by atoms with Crippen molar-refractivity contribution >= 4 is 39.5 Å². The summed E-state index contributed by atoms with van der Waals surface area (Å²) in [5, 5.41) is 10.6. The Morgan fingerprint density at radius 2 is 0.562 bits per heavy atom. The van der Waals surface area contributed by atoms with Crippen LogP contribution >= 0.6 is 15.6 Å². The van der Waals surface area contributed by atoms with E-state index in [9.17, 15) is 43.2 Å². The molecule has 5 unspecified atom stereocenters. The third-order valence-corrected chi connectivity index (χ3v) is 17.1. The Bertz CT molecular complexity index is 2250. The number of phosphoric ester groups is 2. The molecule has 0 heterocycles. The predicted molar refractivity (Wildman–Crippen MR) is 390 cm³/mol. The number of hydrogen-bond donors (Lipinski definition) is 3. The molecule has 19 heteroatoms. The fraction of sp³-hybridized carbons (Fsp3) is 0.714. The van der Waals surface area contributed by atoms with Crippen molar-refractivity contribution in [2.24, 2.45) is 0 Å². The molecule has 0 aromatic carbocycles. The van der Waals surface area contributed by atoms with Crippen LogP contribution in [-0.4, -0.2) is 96.7 Å². The molecule has 0 fully saturated rings. The number of aliphatic hydroxyl groups is 1. The fourth-order valence-corrected chi connectivity index (χ4v) is 11.1. The van der Waals surface area contributed by atoms with E-state index in [2.05, 4.69) is 137 Å². The second-order valence-corrected chi connectivity index (χ2v) is 27.4. The van der Waals surface area contributed by atoms with E-state index >= 15 is 0 Å². The third kappa shape index (κ3) is 68.3. The Labute approximate surface area is 581 Å². The van der Waals surface area contributed by atoms with Crippen LogP contribution < -0.4 is 0 Å². The topological polar surface area (TPSA) is 237 Å². The maximum absolute atomic E-state index is 13.1. The Balaban J connectivity index is 5.39. The van der Waals surface area contributed by atoms with Gasteiger partial charge in [-0.15, -0.1) is 0 Å². The SMILES string of the molecule is CC/C=C\C/C=C\C/C=C\C/C=C\CCCCC(=O)OCC(COP(=O)(O)OCC(O)COP(=O)(O)OCC(COC(=O)CCCCCCC/C=C\CCCCCCCC)OC(=O)CCCCCCC/C=C\C/C=C\CCC)OC(=O)CCCCCCC/C=C\C/C=C\CCC. The molecule has 0 spiro atoms. The van der Waals surface area contributed by atoms with E-state index in [-0.39, 0.29) is 25.7 Å². The summed E-state index contributed by atoms with van der Waals surface area (Å²) in [5.74, 6) is -2.26. The van der Waals surface area contributed by atoms with Crippen molar-refractivity contribution < 1.29 is 80.2 Å². The first kappa shape index (κ1) is 91.7. The van der Waals surface area contributed by atoms with Crippen LogP contribution in [0.15, 0.2) is 109 Å². The zero-order valence-corrected chi connectivity index (χ0v) is 61.8.